The number of pyridine rings is 2. The molecule has 1 aliphatic rings. The first kappa shape index (κ1) is 21.1. The van der Waals surface area contributed by atoms with Crippen molar-refractivity contribution < 1.29 is 9.47 Å². The summed E-state index contributed by atoms with van der Waals surface area (Å²) in [6.45, 7) is 9.47. The maximum atomic E-state index is 12.5. The summed E-state index contributed by atoms with van der Waals surface area (Å²) in [4.78, 5) is 9.03. The molecule has 1 saturated heterocycles. The topological polar surface area (TPSA) is 70.5 Å². The molecular weight excluding hydrogens is 378 g/mol. The Bertz CT molecular complexity index is 1020. The summed E-state index contributed by atoms with van der Waals surface area (Å²) in [5.74, 6) is 0. The molecule has 0 N–H and O–H groups in total. The fraction of sp³-hybridized carbons (Fsp3) is 0.500. The van der Waals surface area contributed by atoms with Gasteiger partial charge in [0.15, 0.2) is 0 Å². The van der Waals surface area contributed by atoms with Crippen LogP contribution in [-0.4, -0.2) is 45.4 Å². The van der Waals surface area contributed by atoms with E-state index in [4.69, 9.17) is 9.47 Å². The summed E-state index contributed by atoms with van der Waals surface area (Å²) < 4.78 is 12.0. The molecule has 2 aromatic heterocycles. The molecule has 160 valence electrons. The Labute approximate surface area is 177 Å². The predicted octanol–water partition coefficient (Wildman–Crippen LogP) is 4.84. The number of hydrogen-bond acceptors (Lipinski definition) is 6. The van der Waals surface area contributed by atoms with Crippen LogP contribution in [0, 0.1) is 5.21 Å². The summed E-state index contributed by atoms with van der Waals surface area (Å²) in [6.07, 6.45) is 5.14. The lowest BCUT2D eigenvalue weighted by atomic mass is 9.80. The van der Waals surface area contributed by atoms with Crippen LogP contribution in [0.3, 0.4) is 0 Å². The highest BCUT2D eigenvalue weighted by Crippen LogP contribution is 2.38. The van der Waals surface area contributed by atoms with Gasteiger partial charge in [0.05, 0.1) is 37.0 Å². The highest BCUT2D eigenvalue weighted by atomic mass is 16.5. The molecule has 1 fully saturated rings. The Morgan fingerprint density at radius 2 is 1.70 bits per heavy atom. The minimum Gasteiger partial charge on any atom is -0.784 e. The van der Waals surface area contributed by atoms with E-state index in [-0.39, 0.29) is 6.10 Å². The van der Waals surface area contributed by atoms with E-state index < -0.39 is 11.1 Å². The molecular formula is C24H30N3O3-. The van der Waals surface area contributed by atoms with Crippen molar-refractivity contribution in [3.63, 3.8) is 0 Å². The van der Waals surface area contributed by atoms with Crippen molar-refractivity contribution >= 4 is 21.8 Å². The minimum absolute atomic E-state index is 0.0722. The lowest BCUT2D eigenvalue weighted by Crippen LogP contribution is -2.59. The Hall–Kier alpha value is -2.12. The van der Waals surface area contributed by atoms with Gasteiger partial charge in [0.25, 0.3) is 0 Å². The molecule has 0 radical (unpaired) electrons. The zero-order chi connectivity index (χ0) is 21.4. The van der Waals surface area contributed by atoms with E-state index in [0.29, 0.717) is 19.8 Å². The Morgan fingerprint density at radius 1 is 0.967 bits per heavy atom. The smallest absolute Gasteiger partial charge is 0.0968 e. The van der Waals surface area contributed by atoms with Gasteiger partial charge in [0, 0.05) is 34.2 Å². The van der Waals surface area contributed by atoms with E-state index in [0.717, 1.165) is 40.2 Å². The molecule has 0 amide bonds. The van der Waals surface area contributed by atoms with Gasteiger partial charge < -0.3 is 19.7 Å². The largest absolute Gasteiger partial charge is 0.784 e. The van der Waals surface area contributed by atoms with Crippen LogP contribution in [0.25, 0.3) is 21.8 Å². The normalized spacial score (nSPS) is 19.5. The fourth-order valence-electron chi connectivity index (χ4n) is 4.68. The van der Waals surface area contributed by atoms with Crippen LogP contribution in [0.2, 0.25) is 0 Å². The monoisotopic (exact) mass is 408 g/mol. The molecule has 0 saturated carbocycles. The number of ether oxygens (including phenoxy) is 2. The van der Waals surface area contributed by atoms with Gasteiger partial charge in [-0.15, -0.1) is 0 Å². The number of rotatable bonds is 6. The van der Waals surface area contributed by atoms with Crippen molar-refractivity contribution in [3.05, 3.63) is 53.5 Å². The zero-order valence-electron chi connectivity index (χ0n) is 18.2. The Balaban J connectivity index is 1.34. The summed E-state index contributed by atoms with van der Waals surface area (Å²) >= 11 is 0. The first-order chi connectivity index (χ1) is 14.3. The highest BCUT2D eigenvalue weighted by Gasteiger charge is 2.40. The van der Waals surface area contributed by atoms with Crippen molar-refractivity contribution in [2.45, 2.75) is 64.3 Å². The molecule has 6 heteroatoms. The molecule has 3 heterocycles. The minimum atomic E-state index is -0.417. The zero-order valence-corrected chi connectivity index (χ0v) is 18.2. The lowest BCUT2D eigenvalue weighted by Gasteiger charge is -2.59. The van der Waals surface area contributed by atoms with Crippen LogP contribution in [0.4, 0.5) is 0 Å². The van der Waals surface area contributed by atoms with Crippen molar-refractivity contribution in [1.82, 2.24) is 15.0 Å². The van der Waals surface area contributed by atoms with Gasteiger partial charge in [0.1, 0.15) is 0 Å². The quantitative estimate of drug-likeness (QED) is 0.429. The van der Waals surface area contributed by atoms with E-state index in [1.54, 1.807) is 6.20 Å². The van der Waals surface area contributed by atoms with Crippen LogP contribution < -0.4 is 0 Å². The van der Waals surface area contributed by atoms with Gasteiger partial charge in [-0.25, -0.2) is 0 Å². The van der Waals surface area contributed by atoms with Crippen LogP contribution >= 0.6 is 0 Å². The van der Waals surface area contributed by atoms with E-state index >= 15 is 0 Å². The number of fused-ring (bicyclic) bond motifs is 3. The maximum absolute atomic E-state index is 12.5. The first-order valence-corrected chi connectivity index (χ1v) is 10.6. The van der Waals surface area contributed by atoms with Crippen LogP contribution in [0.1, 0.15) is 46.1 Å². The molecule has 0 unspecified atom stereocenters. The fourth-order valence-corrected chi connectivity index (χ4v) is 4.68. The number of aromatic nitrogens is 2. The number of hydroxylamine groups is 2. The second-order valence-electron chi connectivity index (χ2n) is 9.38. The Morgan fingerprint density at radius 3 is 2.47 bits per heavy atom. The molecule has 6 nitrogen and oxygen atoms in total. The molecule has 0 bridgehead atoms. The Kier molecular flexibility index (Phi) is 5.77. The van der Waals surface area contributed by atoms with Crippen molar-refractivity contribution in [1.29, 1.82) is 0 Å². The SMILES string of the molecule is CC1(C)CC(OCCOCc2ccnc3c2ccc2cccnc23)CC(C)(C)N1[O-]. The maximum Gasteiger partial charge on any atom is 0.0968 e. The van der Waals surface area contributed by atoms with Crippen LogP contribution in [-0.2, 0) is 16.1 Å². The van der Waals surface area contributed by atoms with Gasteiger partial charge >= 0.3 is 0 Å². The third-order valence-corrected chi connectivity index (χ3v) is 5.97. The van der Waals surface area contributed by atoms with Crippen LogP contribution in [0.15, 0.2) is 42.7 Å². The number of piperidine rings is 1. The van der Waals surface area contributed by atoms with E-state index in [2.05, 4.69) is 22.1 Å². The first-order valence-electron chi connectivity index (χ1n) is 10.6. The van der Waals surface area contributed by atoms with Gasteiger partial charge in [0.2, 0.25) is 0 Å². The number of nitrogens with zero attached hydrogens (tertiary/aromatic N) is 3. The summed E-state index contributed by atoms with van der Waals surface area (Å²) in [6, 6.07) is 10.1. The molecule has 0 atom stereocenters. The van der Waals surface area contributed by atoms with Gasteiger partial charge in [-0.05, 0) is 58.2 Å². The van der Waals surface area contributed by atoms with Gasteiger partial charge in [-0.1, -0.05) is 18.2 Å². The van der Waals surface area contributed by atoms with Crippen molar-refractivity contribution in [3.8, 4) is 0 Å². The number of benzene rings is 1. The number of hydrogen-bond donors (Lipinski definition) is 0. The molecule has 0 aliphatic carbocycles. The molecule has 3 aromatic rings. The van der Waals surface area contributed by atoms with E-state index in [9.17, 15) is 5.21 Å². The molecule has 1 aromatic carbocycles. The summed E-state index contributed by atoms with van der Waals surface area (Å²) in [5.41, 5.74) is 2.07. The van der Waals surface area contributed by atoms with Crippen molar-refractivity contribution in [2.75, 3.05) is 13.2 Å². The molecule has 4 rings (SSSR count). The molecule has 0 spiro atoms. The molecule has 1 aliphatic heterocycles. The second-order valence-corrected chi connectivity index (χ2v) is 9.38. The third-order valence-electron chi connectivity index (χ3n) is 5.97. The highest BCUT2D eigenvalue weighted by molar-refractivity contribution is 6.03. The van der Waals surface area contributed by atoms with Crippen LogP contribution in [0.5, 0.6) is 0 Å². The molecule has 30 heavy (non-hydrogen) atoms. The van der Waals surface area contributed by atoms with Gasteiger partial charge in [-0.3, -0.25) is 9.97 Å². The van der Waals surface area contributed by atoms with E-state index in [1.807, 2.05) is 52.1 Å². The second kappa shape index (κ2) is 8.19. The standard InChI is InChI=1S/C24H30N3O3/c1-23(2)14-19(15-24(3,4)27(23)28)30-13-12-29-16-18-9-11-26-22-20(18)8-7-17-6-5-10-25-21(17)22/h5-11,19H,12-16H2,1-4H3/q-1. The van der Waals surface area contributed by atoms with Crippen molar-refractivity contribution in [2.24, 2.45) is 0 Å². The van der Waals surface area contributed by atoms with E-state index in [1.165, 1.54) is 5.06 Å². The average molecular weight is 409 g/mol. The third kappa shape index (κ3) is 4.18. The summed E-state index contributed by atoms with van der Waals surface area (Å²) in [7, 11) is 0. The summed E-state index contributed by atoms with van der Waals surface area (Å²) in [5, 5.41) is 15.8. The lowest BCUT2D eigenvalue weighted by molar-refractivity contribution is -0.0911. The van der Waals surface area contributed by atoms with Gasteiger partial charge in [-0.2, -0.15) is 0 Å². The average Bonchev–Trinajstić information content (AvgIpc) is 2.71. The predicted molar refractivity (Wildman–Crippen MR) is 119 cm³/mol.